The minimum atomic E-state index is -4.04. The number of carbonyl (C=O) groups excluding carboxylic acids is 1. The zero-order valence-electron chi connectivity index (χ0n) is 27.4. The molecule has 1 fully saturated rings. The predicted octanol–water partition coefficient (Wildman–Crippen LogP) is 6.49. The van der Waals surface area contributed by atoms with Crippen molar-refractivity contribution in [2.75, 3.05) is 11.3 Å². The van der Waals surface area contributed by atoms with Crippen molar-refractivity contribution >= 4 is 32.9 Å². The summed E-state index contributed by atoms with van der Waals surface area (Å²) in [5, 5.41) is 3.91. The summed E-state index contributed by atoms with van der Waals surface area (Å²) in [5.41, 5.74) is 7.09. The Hall–Kier alpha value is -4.51. The fourth-order valence-electron chi connectivity index (χ4n) is 6.23. The van der Waals surface area contributed by atoms with Crippen LogP contribution in [0.1, 0.15) is 66.7 Å². The van der Waals surface area contributed by atoms with Gasteiger partial charge in [0.1, 0.15) is 17.1 Å². The fraction of sp³-hybridized carbons (Fsp3) is 0.371. The molecule has 1 aliphatic heterocycles. The van der Waals surface area contributed by atoms with Crippen molar-refractivity contribution in [1.29, 1.82) is 0 Å². The van der Waals surface area contributed by atoms with Gasteiger partial charge in [-0.3, -0.25) is 9.52 Å². The number of amides is 1. The molecule has 0 saturated carbocycles. The summed E-state index contributed by atoms with van der Waals surface area (Å²) < 4.78 is 37.6. The number of rotatable bonds is 9. The number of hydrogen-bond donors (Lipinski definition) is 1. The average molecular weight is 641 g/mol. The van der Waals surface area contributed by atoms with Gasteiger partial charge in [0.2, 0.25) is 5.91 Å². The van der Waals surface area contributed by atoms with Crippen LogP contribution in [0.15, 0.2) is 57.9 Å². The Labute approximate surface area is 269 Å². The lowest BCUT2D eigenvalue weighted by molar-refractivity contribution is -0.135. The van der Waals surface area contributed by atoms with Gasteiger partial charge in [-0.15, -0.1) is 0 Å². The minimum Gasteiger partial charge on any atom is -0.359 e. The van der Waals surface area contributed by atoms with Gasteiger partial charge < -0.3 is 14.0 Å². The number of benzene rings is 2. The highest BCUT2D eigenvalue weighted by Gasteiger charge is 2.38. The molecule has 240 valence electrons. The van der Waals surface area contributed by atoms with E-state index in [0.717, 1.165) is 57.8 Å². The van der Waals surface area contributed by atoms with Gasteiger partial charge in [-0.25, -0.2) is 18.4 Å². The van der Waals surface area contributed by atoms with Gasteiger partial charge in [-0.1, -0.05) is 62.3 Å². The number of imidazole rings is 1. The fourth-order valence-corrected chi connectivity index (χ4v) is 7.51. The molecule has 0 bridgehead atoms. The van der Waals surface area contributed by atoms with Crippen molar-refractivity contribution in [3.05, 3.63) is 88.1 Å². The van der Waals surface area contributed by atoms with E-state index in [1.165, 1.54) is 0 Å². The van der Waals surface area contributed by atoms with Crippen LogP contribution in [0.4, 0.5) is 5.82 Å². The highest BCUT2D eigenvalue weighted by atomic mass is 32.2. The number of pyridine rings is 1. The molecule has 1 N–H and O–H groups in total. The zero-order chi connectivity index (χ0) is 33.0. The molecule has 1 saturated heterocycles. The van der Waals surface area contributed by atoms with Crippen molar-refractivity contribution in [1.82, 2.24) is 24.6 Å². The number of aromatic nitrogens is 4. The maximum absolute atomic E-state index is 13.8. The predicted molar refractivity (Wildman–Crippen MR) is 178 cm³/mol. The van der Waals surface area contributed by atoms with Crippen molar-refractivity contribution in [2.45, 2.75) is 79.3 Å². The van der Waals surface area contributed by atoms with Gasteiger partial charge in [0.25, 0.3) is 10.0 Å². The molecule has 2 aromatic carbocycles. The Bertz CT molecular complexity index is 2090. The Kier molecular flexibility index (Phi) is 8.00. The van der Waals surface area contributed by atoms with Crippen LogP contribution in [0, 0.1) is 33.1 Å². The molecule has 10 nitrogen and oxygen atoms in total. The summed E-state index contributed by atoms with van der Waals surface area (Å²) in [6.45, 7) is 15.1. The van der Waals surface area contributed by atoms with Crippen molar-refractivity contribution < 1.29 is 17.7 Å². The minimum absolute atomic E-state index is 0.0901. The van der Waals surface area contributed by atoms with E-state index < -0.39 is 15.4 Å². The van der Waals surface area contributed by atoms with Gasteiger partial charge in [0.05, 0.1) is 11.4 Å². The van der Waals surface area contributed by atoms with Crippen LogP contribution in [0.5, 0.6) is 0 Å². The van der Waals surface area contributed by atoms with Crippen LogP contribution in [0.3, 0.4) is 0 Å². The van der Waals surface area contributed by atoms with Gasteiger partial charge in [0, 0.05) is 41.7 Å². The molecule has 0 unspecified atom stereocenters. The first-order chi connectivity index (χ1) is 21.8. The summed E-state index contributed by atoms with van der Waals surface area (Å²) in [5.74, 6) is 1.73. The Morgan fingerprint density at radius 1 is 0.978 bits per heavy atom. The third kappa shape index (κ3) is 5.68. The van der Waals surface area contributed by atoms with Crippen molar-refractivity contribution in [3.8, 4) is 11.1 Å². The number of carbonyl (C=O) groups is 1. The number of likely N-dealkylation sites (tertiary alicyclic amines) is 1. The van der Waals surface area contributed by atoms with E-state index in [2.05, 4.69) is 34.4 Å². The van der Waals surface area contributed by atoms with E-state index in [1.807, 2.05) is 49.9 Å². The van der Waals surface area contributed by atoms with E-state index in [1.54, 1.807) is 32.0 Å². The molecule has 46 heavy (non-hydrogen) atoms. The zero-order valence-corrected chi connectivity index (χ0v) is 28.2. The number of anilines is 1. The average Bonchev–Trinajstić information content (AvgIpc) is 3.61. The van der Waals surface area contributed by atoms with Crippen LogP contribution in [-0.2, 0) is 34.3 Å². The summed E-state index contributed by atoms with van der Waals surface area (Å²) >= 11 is 0. The van der Waals surface area contributed by atoms with Crippen molar-refractivity contribution in [2.24, 2.45) is 5.41 Å². The number of nitrogens with one attached hydrogen (secondary N) is 1. The Balaban J connectivity index is 1.46. The number of fused-ring (bicyclic) bond motifs is 1. The van der Waals surface area contributed by atoms with Crippen molar-refractivity contribution in [3.63, 3.8) is 0 Å². The smallest absolute Gasteiger partial charge is 0.263 e. The second kappa shape index (κ2) is 11.7. The lowest BCUT2D eigenvalue weighted by Gasteiger charge is -2.23. The summed E-state index contributed by atoms with van der Waals surface area (Å²) in [4.78, 5) is 25.1. The molecular weight excluding hydrogens is 600 g/mol. The van der Waals surface area contributed by atoms with Gasteiger partial charge in [-0.05, 0) is 68.5 Å². The van der Waals surface area contributed by atoms with Crippen LogP contribution in [-0.4, -0.2) is 45.5 Å². The highest BCUT2D eigenvalue weighted by Crippen LogP contribution is 2.36. The van der Waals surface area contributed by atoms with E-state index in [4.69, 9.17) is 14.5 Å². The summed E-state index contributed by atoms with van der Waals surface area (Å²) in [6, 6.07) is 15.0. The van der Waals surface area contributed by atoms with E-state index in [9.17, 15) is 13.2 Å². The molecule has 0 spiro atoms. The molecule has 0 atom stereocenters. The van der Waals surface area contributed by atoms with Crippen LogP contribution >= 0.6 is 0 Å². The van der Waals surface area contributed by atoms with Crippen LogP contribution < -0.4 is 4.72 Å². The normalized spacial score (nSPS) is 14.8. The molecule has 0 aliphatic carbocycles. The first-order valence-electron chi connectivity index (χ1n) is 15.6. The highest BCUT2D eigenvalue weighted by molar-refractivity contribution is 7.92. The van der Waals surface area contributed by atoms with Crippen LogP contribution in [0.2, 0.25) is 0 Å². The Morgan fingerprint density at radius 2 is 1.74 bits per heavy atom. The molecule has 0 radical (unpaired) electrons. The molecule has 11 heteroatoms. The van der Waals surface area contributed by atoms with Gasteiger partial charge >= 0.3 is 0 Å². The Morgan fingerprint density at radius 3 is 2.41 bits per heavy atom. The van der Waals surface area contributed by atoms with Gasteiger partial charge in [0.15, 0.2) is 11.5 Å². The van der Waals surface area contributed by atoms with E-state index in [-0.39, 0.29) is 16.6 Å². The molecule has 6 rings (SSSR count). The standard InChI is InChI=1S/C35H40N6O4S/c1-8-30-37-31-21(2)17-22(3)36-33(31)41(30)19-25-13-14-27(26(18-25)20-40-16-15-35(6,7)34(40)42)28-11-9-10-12-29(28)46(43,44)39-32-23(4)24(5)45-38-32/h9-14,17-18H,8,15-16,19-20H2,1-7H3,(H,38,39). The molecule has 1 amide bonds. The monoisotopic (exact) mass is 640 g/mol. The number of aryl methyl sites for hydroxylation is 4. The van der Waals surface area contributed by atoms with E-state index in [0.29, 0.717) is 36.5 Å². The van der Waals surface area contributed by atoms with Gasteiger partial charge in [-0.2, -0.15) is 0 Å². The SMILES string of the molecule is CCc1nc2c(C)cc(C)nc2n1Cc1ccc(-c2ccccc2S(=O)(=O)Nc2noc(C)c2C)c(CN2CCC(C)(C)C2=O)c1. The number of sulfonamides is 1. The summed E-state index contributed by atoms with van der Waals surface area (Å²) in [6.07, 6.45) is 1.51. The first-order valence-corrected chi connectivity index (χ1v) is 17.1. The molecular formula is C35H40N6O4S. The maximum atomic E-state index is 13.8. The molecule has 3 aromatic heterocycles. The number of hydrogen-bond acceptors (Lipinski definition) is 7. The third-order valence-electron chi connectivity index (χ3n) is 9.02. The molecule has 4 heterocycles. The lowest BCUT2D eigenvalue weighted by Crippen LogP contribution is -2.30. The second-order valence-corrected chi connectivity index (χ2v) is 14.5. The number of nitrogens with zero attached hydrogens (tertiary/aromatic N) is 5. The second-order valence-electron chi connectivity index (χ2n) is 12.9. The molecule has 5 aromatic rings. The molecule has 1 aliphatic rings. The largest absolute Gasteiger partial charge is 0.359 e. The topological polar surface area (TPSA) is 123 Å². The maximum Gasteiger partial charge on any atom is 0.263 e. The van der Waals surface area contributed by atoms with Crippen LogP contribution in [0.25, 0.3) is 22.3 Å². The van der Waals surface area contributed by atoms with E-state index >= 15 is 0 Å². The quantitative estimate of drug-likeness (QED) is 0.195. The first kappa shape index (κ1) is 31.5. The lowest BCUT2D eigenvalue weighted by atomic mass is 9.92. The third-order valence-corrected chi connectivity index (χ3v) is 10.4. The summed E-state index contributed by atoms with van der Waals surface area (Å²) in [7, 11) is -4.04.